The molecule has 2 rings (SSSR count). The molecule has 86 valence electrons. The monoisotopic (exact) mass is 255 g/mol. The molecule has 3 nitrogen and oxygen atoms in total. The Hall–Kier alpha value is -0.840. The van der Waals surface area contributed by atoms with Gasteiger partial charge >= 0.3 is 0 Å². The molecule has 0 aliphatic rings. The number of aromatic nitrogens is 2. The van der Waals surface area contributed by atoms with E-state index in [4.69, 9.17) is 11.6 Å². The quantitative estimate of drug-likeness (QED) is 0.891. The molecule has 2 aromatic heterocycles. The molecule has 0 bridgehead atoms. The summed E-state index contributed by atoms with van der Waals surface area (Å²) in [6.07, 6.45) is 5.60. The number of nitrogens with zero attached hydrogens (tertiary/aromatic N) is 2. The highest BCUT2D eigenvalue weighted by molar-refractivity contribution is 7.10. The van der Waals surface area contributed by atoms with E-state index in [1.807, 2.05) is 24.0 Å². The second-order valence-corrected chi connectivity index (χ2v) is 5.20. The van der Waals surface area contributed by atoms with Crippen molar-refractivity contribution in [2.45, 2.75) is 26.1 Å². The zero-order valence-corrected chi connectivity index (χ0v) is 10.6. The van der Waals surface area contributed by atoms with E-state index in [9.17, 15) is 0 Å². The van der Waals surface area contributed by atoms with Crippen LogP contribution in [-0.4, -0.2) is 15.6 Å². The molecule has 1 unspecified atom stereocenters. The van der Waals surface area contributed by atoms with Gasteiger partial charge in [-0.3, -0.25) is 0 Å². The first-order valence-electron chi connectivity index (χ1n) is 5.16. The largest absolute Gasteiger partial charge is 0.336 e. The molecule has 2 heterocycles. The van der Waals surface area contributed by atoms with Gasteiger partial charge in [-0.25, -0.2) is 4.98 Å². The Labute approximate surface area is 104 Å². The number of rotatable bonds is 5. The number of thiophene rings is 1. The molecule has 0 aliphatic heterocycles. The molecule has 0 radical (unpaired) electrons. The summed E-state index contributed by atoms with van der Waals surface area (Å²) < 4.78 is 2.07. The lowest BCUT2D eigenvalue weighted by Crippen LogP contribution is -2.29. The maximum atomic E-state index is 5.86. The predicted octanol–water partition coefficient (Wildman–Crippen LogP) is 2.78. The van der Waals surface area contributed by atoms with Crippen LogP contribution in [-0.2, 0) is 13.1 Å². The van der Waals surface area contributed by atoms with Crippen molar-refractivity contribution in [1.82, 2.24) is 14.9 Å². The van der Waals surface area contributed by atoms with E-state index in [-0.39, 0.29) is 0 Å². The van der Waals surface area contributed by atoms with Gasteiger partial charge in [-0.05, 0) is 13.0 Å². The van der Waals surface area contributed by atoms with Crippen LogP contribution in [0.5, 0.6) is 0 Å². The number of imidazole rings is 1. The van der Waals surface area contributed by atoms with E-state index < -0.39 is 0 Å². The number of nitrogens with one attached hydrogen (secondary N) is 1. The van der Waals surface area contributed by atoms with E-state index >= 15 is 0 Å². The van der Waals surface area contributed by atoms with Crippen LogP contribution >= 0.6 is 22.9 Å². The van der Waals surface area contributed by atoms with Crippen LogP contribution in [0, 0.1) is 0 Å². The van der Waals surface area contributed by atoms with Gasteiger partial charge in [0, 0.05) is 41.8 Å². The molecule has 5 heteroatoms. The van der Waals surface area contributed by atoms with Crippen molar-refractivity contribution in [3.05, 3.63) is 40.1 Å². The minimum atomic E-state index is 0.412. The van der Waals surface area contributed by atoms with Crippen molar-refractivity contribution < 1.29 is 0 Å². The highest BCUT2D eigenvalue weighted by atomic mass is 35.5. The lowest BCUT2D eigenvalue weighted by molar-refractivity contribution is 0.478. The van der Waals surface area contributed by atoms with E-state index in [0.29, 0.717) is 6.04 Å². The van der Waals surface area contributed by atoms with Gasteiger partial charge < -0.3 is 9.88 Å². The lowest BCUT2D eigenvalue weighted by atomic mass is 10.3. The number of hydrogen-bond acceptors (Lipinski definition) is 3. The Kier molecular flexibility index (Phi) is 3.98. The summed E-state index contributed by atoms with van der Waals surface area (Å²) in [5.41, 5.74) is 0. The fourth-order valence-electron chi connectivity index (χ4n) is 1.50. The molecule has 0 saturated heterocycles. The fraction of sp³-hybridized carbons (Fsp3) is 0.364. The molecule has 1 N–H and O–H groups in total. The van der Waals surface area contributed by atoms with Gasteiger partial charge in [-0.15, -0.1) is 11.3 Å². The normalized spacial score (nSPS) is 12.9. The van der Waals surface area contributed by atoms with Gasteiger partial charge in [0.1, 0.15) is 0 Å². The summed E-state index contributed by atoms with van der Waals surface area (Å²) >= 11 is 7.55. The standard InChI is InChI=1S/C11H14ClN3S/c1-9(6-15-3-2-13-8-15)14-5-11-4-10(12)7-16-11/h2-4,7-9,14H,5-6H2,1H3. The molecule has 0 aromatic carbocycles. The Balaban J connectivity index is 1.77. The van der Waals surface area contributed by atoms with Gasteiger partial charge in [-0.2, -0.15) is 0 Å². The summed E-state index contributed by atoms with van der Waals surface area (Å²) in [6, 6.07) is 2.42. The highest BCUT2D eigenvalue weighted by Crippen LogP contribution is 2.18. The summed E-state index contributed by atoms with van der Waals surface area (Å²) in [7, 11) is 0. The molecule has 0 fully saturated rings. The zero-order chi connectivity index (χ0) is 11.4. The summed E-state index contributed by atoms with van der Waals surface area (Å²) in [5, 5.41) is 6.23. The zero-order valence-electron chi connectivity index (χ0n) is 9.06. The molecule has 0 aliphatic carbocycles. The molecule has 1 atom stereocenters. The minimum Gasteiger partial charge on any atom is -0.336 e. The molecule has 0 amide bonds. The van der Waals surface area contributed by atoms with E-state index in [1.54, 1.807) is 17.5 Å². The van der Waals surface area contributed by atoms with Crippen LogP contribution in [0.1, 0.15) is 11.8 Å². The van der Waals surface area contributed by atoms with E-state index in [1.165, 1.54) is 4.88 Å². The SMILES string of the molecule is CC(Cn1ccnc1)NCc1cc(Cl)cs1. The van der Waals surface area contributed by atoms with Crippen LogP contribution < -0.4 is 5.32 Å². The first-order chi connectivity index (χ1) is 7.74. The molecular weight excluding hydrogens is 242 g/mol. The highest BCUT2D eigenvalue weighted by Gasteiger charge is 2.03. The predicted molar refractivity (Wildman–Crippen MR) is 67.9 cm³/mol. The topological polar surface area (TPSA) is 29.9 Å². The van der Waals surface area contributed by atoms with E-state index in [2.05, 4.69) is 21.8 Å². The minimum absolute atomic E-state index is 0.412. The van der Waals surface area contributed by atoms with Crippen LogP contribution in [0.3, 0.4) is 0 Å². The Bertz CT molecular complexity index is 424. The first kappa shape index (κ1) is 11.6. The third-order valence-electron chi connectivity index (χ3n) is 2.29. The van der Waals surface area contributed by atoms with Crippen LogP contribution in [0.15, 0.2) is 30.2 Å². The molecule has 0 saturated carbocycles. The first-order valence-corrected chi connectivity index (χ1v) is 6.42. The second kappa shape index (κ2) is 5.48. The van der Waals surface area contributed by atoms with Crippen molar-refractivity contribution >= 4 is 22.9 Å². The van der Waals surface area contributed by atoms with Crippen LogP contribution in [0.25, 0.3) is 0 Å². The second-order valence-electron chi connectivity index (χ2n) is 3.77. The number of hydrogen-bond donors (Lipinski definition) is 1. The molecule has 0 spiro atoms. The number of halogens is 1. The Morgan fingerprint density at radius 1 is 1.62 bits per heavy atom. The average molecular weight is 256 g/mol. The molecule has 16 heavy (non-hydrogen) atoms. The smallest absolute Gasteiger partial charge is 0.0946 e. The summed E-state index contributed by atoms with van der Waals surface area (Å²) in [4.78, 5) is 5.28. The van der Waals surface area contributed by atoms with E-state index in [0.717, 1.165) is 18.1 Å². The van der Waals surface area contributed by atoms with Gasteiger partial charge in [0.05, 0.1) is 11.3 Å². The fourth-order valence-corrected chi connectivity index (χ4v) is 2.52. The average Bonchev–Trinajstić information content (AvgIpc) is 2.87. The lowest BCUT2D eigenvalue weighted by Gasteiger charge is -2.13. The van der Waals surface area contributed by atoms with Gasteiger partial charge in [0.15, 0.2) is 0 Å². The van der Waals surface area contributed by atoms with Crippen molar-refractivity contribution in [2.24, 2.45) is 0 Å². The van der Waals surface area contributed by atoms with Crippen molar-refractivity contribution in [2.75, 3.05) is 0 Å². The van der Waals surface area contributed by atoms with Crippen LogP contribution in [0.4, 0.5) is 0 Å². The molecule has 2 aromatic rings. The third kappa shape index (κ3) is 3.33. The maximum Gasteiger partial charge on any atom is 0.0946 e. The maximum absolute atomic E-state index is 5.86. The Morgan fingerprint density at radius 2 is 2.50 bits per heavy atom. The summed E-state index contributed by atoms with van der Waals surface area (Å²) in [6.45, 7) is 3.96. The van der Waals surface area contributed by atoms with Crippen molar-refractivity contribution in [3.8, 4) is 0 Å². The van der Waals surface area contributed by atoms with Gasteiger partial charge in [0.25, 0.3) is 0 Å². The van der Waals surface area contributed by atoms with Crippen molar-refractivity contribution in [3.63, 3.8) is 0 Å². The van der Waals surface area contributed by atoms with Gasteiger partial charge in [-0.1, -0.05) is 11.6 Å². The van der Waals surface area contributed by atoms with Crippen LogP contribution in [0.2, 0.25) is 5.02 Å². The molecular formula is C11H14ClN3S. The Morgan fingerprint density at radius 3 is 3.12 bits per heavy atom. The summed E-state index contributed by atoms with van der Waals surface area (Å²) in [5.74, 6) is 0. The third-order valence-corrected chi connectivity index (χ3v) is 3.57. The van der Waals surface area contributed by atoms with Crippen molar-refractivity contribution in [1.29, 1.82) is 0 Å². The van der Waals surface area contributed by atoms with Gasteiger partial charge in [0.2, 0.25) is 0 Å².